The van der Waals surface area contributed by atoms with Crippen LogP contribution in [0.5, 0.6) is 0 Å². The maximum absolute atomic E-state index is 13.2. The van der Waals surface area contributed by atoms with E-state index in [1.807, 2.05) is 24.3 Å². The van der Waals surface area contributed by atoms with E-state index < -0.39 is 10.0 Å². The molecule has 1 aliphatic rings. The molecule has 28 heavy (non-hydrogen) atoms. The predicted octanol–water partition coefficient (Wildman–Crippen LogP) is 4.35. The van der Waals surface area contributed by atoms with E-state index in [2.05, 4.69) is 21.2 Å². The van der Waals surface area contributed by atoms with Crippen LogP contribution >= 0.6 is 27.5 Å². The highest BCUT2D eigenvalue weighted by atomic mass is 79.9. The fourth-order valence-electron chi connectivity index (χ4n) is 3.28. The summed E-state index contributed by atoms with van der Waals surface area (Å²) in [4.78, 5) is 12.7. The molecule has 1 N–H and O–H groups in total. The van der Waals surface area contributed by atoms with Crippen molar-refractivity contribution in [1.29, 1.82) is 0 Å². The highest BCUT2D eigenvalue weighted by molar-refractivity contribution is 9.10. The normalized spacial score (nSPS) is 15.1. The molecule has 1 saturated carbocycles. The fraction of sp³-hybridized carbons (Fsp3) is 0.350. The van der Waals surface area contributed by atoms with Gasteiger partial charge in [-0.1, -0.05) is 52.5 Å². The van der Waals surface area contributed by atoms with Crippen LogP contribution in [0.15, 0.2) is 57.9 Å². The highest BCUT2D eigenvalue weighted by Crippen LogP contribution is 2.22. The van der Waals surface area contributed by atoms with Gasteiger partial charge in [-0.05, 0) is 54.8 Å². The van der Waals surface area contributed by atoms with Crippen LogP contribution in [0.4, 0.5) is 0 Å². The number of sulfonamides is 1. The zero-order chi connectivity index (χ0) is 20.1. The van der Waals surface area contributed by atoms with Gasteiger partial charge in [0.05, 0.1) is 11.4 Å². The summed E-state index contributed by atoms with van der Waals surface area (Å²) in [5.41, 5.74) is 0.800. The first-order chi connectivity index (χ1) is 13.3. The van der Waals surface area contributed by atoms with Crippen molar-refractivity contribution in [2.45, 2.75) is 43.2 Å². The number of amides is 1. The first kappa shape index (κ1) is 21.3. The average Bonchev–Trinajstić information content (AvgIpc) is 3.16. The van der Waals surface area contributed by atoms with Gasteiger partial charge < -0.3 is 5.32 Å². The van der Waals surface area contributed by atoms with Gasteiger partial charge in [-0.25, -0.2) is 8.42 Å². The summed E-state index contributed by atoms with van der Waals surface area (Å²) in [6.07, 6.45) is 4.08. The smallest absolute Gasteiger partial charge is 0.243 e. The minimum absolute atomic E-state index is 0.107. The van der Waals surface area contributed by atoms with E-state index in [4.69, 9.17) is 11.6 Å². The van der Waals surface area contributed by atoms with Crippen molar-refractivity contribution in [1.82, 2.24) is 9.62 Å². The topological polar surface area (TPSA) is 66.5 Å². The molecule has 1 aliphatic carbocycles. The first-order valence-electron chi connectivity index (χ1n) is 9.14. The van der Waals surface area contributed by atoms with Gasteiger partial charge in [0.1, 0.15) is 0 Å². The summed E-state index contributed by atoms with van der Waals surface area (Å²) < 4.78 is 28.5. The Morgan fingerprint density at radius 2 is 1.68 bits per heavy atom. The lowest BCUT2D eigenvalue weighted by Gasteiger charge is -2.23. The number of hydrogen-bond donors (Lipinski definition) is 1. The van der Waals surface area contributed by atoms with E-state index in [1.54, 1.807) is 0 Å². The second-order valence-corrected chi connectivity index (χ2v) is 10.2. The van der Waals surface area contributed by atoms with Crippen molar-refractivity contribution in [3.05, 3.63) is 63.6 Å². The Labute approximate surface area is 179 Å². The van der Waals surface area contributed by atoms with Gasteiger partial charge in [0.15, 0.2) is 0 Å². The van der Waals surface area contributed by atoms with Gasteiger partial charge in [-0.2, -0.15) is 4.31 Å². The largest absolute Gasteiger partial charge is 0.352 e. The molecule has 0 spiro atoms. The van der Waals surface area contributed by atoms with Crippen LogP contribution in [-0.2, 0) is 21.4 Å². The Hall–Kier alpha value is -1.41. The number of carbonyl (C=O) groups is 1. The predicted molar refractivity (Wildman–Crippen MR) is 114 cm³/mol. The second-order valence-electron chi connectivity index (χ2n) is 6.90. The standard InChI is InChI=1S/C20H22BrClN2O3S/c21-16-7-5-15(6-8-16)13-24(14-20(25)23-18-3-1-2-4-18)28(26,27)19-11-9-17(22)10-12-19/h5-12,18H,1-4,13-14H2,(H,23,25). The molecular weight excluding hydrogens is 464 g/mol. The molecule has 0 saturated heterocycles. The number of rotatable bonds is 7. The number of nitrogens with zero attached hydrogens (tertiary/aromatic N) is 1. The van der Waals surface area contributed by atoms with E-state index in [-0.39, 0.29) is 29.9 Å². The number of nitrogens with one attached hydrogen (secondary N) is 1. The molecular formula is C20H22BrClN2O3S. The molecule has 2 aromatic carbocycles. The van der Waals surface area contributed by atoms with Crippen LogP contribution in [0, 0.1) is 0 Å². The Morgan fingerprint density at radius 3 is 2.29 bits per heavy atom. The summed E-state index contributed by atoms with van der Waals surface area (Å²) in [6, 6.07) is 13.5. The molecule has 0 radical (unpaired) electrons. The second kappa shape index (κ2) is 9.39. The van der Waals surface area contributed by atoms with Crippen molar-refractivity contribution >= 4 is 43.5 Å². The Bertz CT molecular complexity index is 911. The Kier molecular flexibility index (Phi) is 7.15. The fourth-order valence-corrected chi connectivity index (χ4v) is 5.05. The maximum Gasteiger partial charge on any atom is 0.243 e. The number of carbonyl (C=O) groups excluding carboxylic acids is 1. The van der Waals surface area contributed by atoms with Gasteiger partial charge in [0, 0.05) is 22.1 Å². The first-order valence-corrected chi connectivity index (χ1v) is 11.8. The van der Waals surface area contributed by atoms with Crippen molar-refractivity contribution < 1.29 is 13.2 Å². The molecule has 0 bridgehead atoms. The Morgan fingerprint density at radius 1 is 1.07 bits per heavy atom. The maximum atomic E-state index is 13.2. The molecule has 0 atom stereocenters. The summed E-state index contributed by atoms with van der Waals surface area (Å²) in [5.74, 6) is -0.276. The molecule has 150 valence electrons. The van der Waals surface area contributed by atoms with Crippen LogP contribution in [-0.4, -0.2) is 31.2 Å². The lowest BCUT2D eigenvalue weighted by molar-refractivity contribution is -0.122. The zero-order valence-electron chi connectivity index (χ0n) is 15.3. The van der Waals surface area contributed by atoms with Gasteiger partial charge in [-0.3, -0.25) is 4.79 Å². The summed E-state index contributed by atoms with van der Waals surface area (Å²) >= 11 is 9.26. The quantitative estimate of drug-likeness (QED) is 0.634. The van der Waals surface area contributed by atoms with E-state index in [1.165, 1.54) is 28.6 Å². The average molecular weight is 486 g/mol. The van der Waals surface area contributed by atoms with Crippen molar-refractivity contribution in [3.63, 3.8) is 0 Å². The highest BCUT2D eigenvalue weighted by Gasteiger charge is 2.28. The van der Waals surface area contributed by atoms with E-state index >= 15 is 0 Å². The third-order valence-corrected chi connectivity index (χ3v) is 7.35. The molecule has 0 unspecified atom stereocenters. The van der Waals surface area contributed by atoms with Gasteiger partial charge in [0.25, 0.3) is 0 Å². The molecule has 1 fully saturated rings. The Balaban J connectivity index is 1.83. The van der Waals surface area contributed by atoms with Crippen molar-refractivity contribution in [3.8, 4) is 0 Å². The minimum Gasteiger partial charge on any atom is -0.352 e. The SMILES string of the molecule is O=C(CN(Cc1ccc(Br)cc1)S(=O)(=O)c1ccc(Cl)cc1)NC1CCCC1. The number of hydrogen-bond acceptors (Lipinski definition) is 3. The van der Waals surface area contributed by atoms with Crippen LogP contribution in [0.1, 0.15) is 31.2 Å². The van der Waals surface area contributed by atoms with Crippen LogP contribution in [0.2, 0.25) is 5.02 Å². The molecule has 5 nitrogen and oxygen atoms in total. The third-order valence-electron chi connectivity index (χ3n) is 4.76. The summed E-state index contributed by atoms with van der Waals surface area (Å²) in [6.45, 7) is -0.117. The van der Waals surface area contributed by atoms with Crippen LogP contribution in [0.3, 0.4) is 0 Å². The van der Waals surface area contributed by atoms with Crippen LogP contribution in [0.25, 0.3) is 0 Å². The molecule has 3 rings (SSSR count). The molecule has 0 aliphatic heterocycles. The zero-order valence-corrected chi connectivity index (χ0v) is 18.4. The van der Waals surface area contributed by atoms with Crippen molar-refractivity contribution in [2.24, 2.45) is 0 Å². The molecule has 1 amide bonds. The molecule has 8 heteroatoms. The van der Waals surface area contributed by atoms with E-state index in [0.717, 1.165) is 35.7 Å². The molecule has 2 aromatic rings. The van der Waals surface area contributed by atoms with E-state index in [9.17, 15) is 13.2 Å². The van der Waals surface area contributed by atoms with Crippen molar-refractivity contribution in [2.75, 3.05) is 6.54 Å². The lowest BCUT2D eigenvalue weighted by Crippen LogP contribution is -2.43. The number of benzene rings is 2. The summed E-state index contributed by atoms with van der Waals surface area (Å²) in [5, 5.41) is 3.42. The lowest BCUT2D eigenvalue weighted by atomic mass is 10.2. The minimum atomic E-state index is -3.85. The molecule has 0 aromatic heterocycles. The summed E-state index contributed by atoms with van der Waals surface area (Å²) in [7, 11) is -3.85. The third kappa shape index (κ3) is 5.56. The monoisotopic (exact) mass is 484 g/mol. The number of halogens is 2. The van der Waals surface area contributed by atoms with Gasteiger partial charge in [0.2, 0.25) is 15.9 Å². The van der Waals surface area contributed by atoms with E-state index in [0.29, 0.717) is 5.02 Å². The van der Waals surface area contributed by atoms with Gasteiger partial charge in [-0.15, -0.1) is 0 Å². The van der Waals surface area contributed by atoms with Crippen LogP contribution < -0.4 is 5.32 Å². The van der Waals surface area contributed by atoms with Gasteiger partial charge >= 0.3 is 0 Å². The molecule has 0 heterocycles.